The smallest absolute Gasteiger partial charge is 0.408 e. The average Bonchev–Trinajstić information content (AvgIpc) is 2.79. The molecule has 3 radical (unpaired) electrons. The highest BCUT2D eigenvalue weighted by Gasteiger charge is 2.24. The Morgan fingerprint density at radius 1 is 0.810 bits per heavy atom. The van der Waals surface area contributed by atoms with Gasteiger partial charge in [-0.25, -0.2) is 9.59 Å². The first-order valence-corrected chi connectivity index (χ1v) is 13.5. The van der Waals surface area contributed by atoms with E-state index in [4.69, 9.17) is 44.1 Å². The molecule has 0 aliphatic heterocycles. The number of carbonyl (C=O) groups is 3. The molecule has 2 aromatic carbocycles. The Morgan fingerprint density at radius 3 is 1.57 bits per heavy atom. The first-order chi connectivity index (χ1) is 18.8. The van der Waals surface area contributed by atoms with Gasteiger partial charge in [-0.2, -0.15) is 0 Å². The number of carbonyl (C=O) groups excluding carboxylic acids is 3. The molecule has 231 valence electrons. The number of alkyl carbamates (subject to hydrolysis) is 2. The van der Waals surface area contributed by atoms with Crippen LogP contribution in [-0.2, 0) is 27.1 Å². The highest BCUT2D eigenvalue weighted by Crippen LogP contribution is 2.24. The van der Waals surface area contributed by atoms with E-state index >= 15 is 0 Å². The predicted molar refractivity (Wildman–Crippen MR) is 164 cm³/mol. The van der Waals surface area contributed by atoms with E-state index in [0.717, 1.165) is 5.56 Å². The van der Waals surface area contributed by atoms with Crippen molar-refractivity contribution in [2.24, 2.45) is 11.5 Å². The normalized spacial score (nSPS) is 12.4. The third kappa shape index (κ3) is 15.6. The first kappa shape index (κ1) is 38.7. The van der Waals surface area contributed by atoms with Gasteiger partial charge in [-0.1, -0.05) is 35.3 Å². The second-order valence-corrected chi connectivity index (χ2v) is 12.0. The summed E-state index contributed by atoms with van der Waals surface area (Å²) in [6.07, 6.45) is -0.674. The van der Waals surface area contributed by atoms with Gasteiger partial charge in [0.05, 0.1) is 0 Å². The van der Waals surface area contributed by atoms with Crippen molar-refractivity contribution in [3.63, 3.8) is 0 Å². The summed E-state index contributed by atoms with van der Waals surface area (Å²) in [5.74, 6) is -0.590. The molecule has 0 fully saturated rings. The molecular weight excluding hydrogens is 586 g/mol. The van der Waals surface area contributed by atoms with E-state index in [2.05, 4.69) is 10.6 Å². The van der Waals surface area contributed by atoms with E-state index in [1.54, 1.807) is 59.7 Å². The fraction of sp³-hybridized carbons (Fsp3) is 0.464. The Bertz CT molecular complexity index is 1200. The van der Waals surface area contributed by atoms with E-state index in [-0.39, 0.29) is 43.9 Å². The predicted octanol–water partition coefficient (Wildman–Crippen LogP) is 4.03. The number of aromatic hydroxyl groups is 2. The summed E-state index contributed by atoms with van der Waals surface area (Å²) >= 11 is 12.0. The maximum Gasteiger partial charge on any atom is 0.408 e. The molecule has 14 heteroatoms. The average molecular weight is 626 g/mol. The number of hydrogen-bond donors (Lipinski definition) is 6. The summed E-state index contributed by atoms with van der Waals surface area (Å²) in [5.41, 5.74) is 11.1. The molecule has 11 nitrogen and oxygen atoms in total. The molecule has 2 rings (SSSR count). The molecule has 0 heterocycles. The van der Waals surface area contributed by atoms with Crippen LogP contribution in [0.25, 0.3) is 0 Å². The summed E-state index contributed by atoms with van der Waals surface area (Å²) in [7, 11) is 0. The number of halogens is 2. The van der Waals surface area contributed by atoms with E-state index in [9.17, 15) is 24.6 Å². The molecule has 0 bridgehead atoms. The van der Waals surface area contributed by atoms with Gasteiger partial charge in [0.2, 0.25) is 5.91 Å². The minimum Gasteiger partial charge on any atom is -0.508 e. The van der Waals surface area contributed by atoms with Crippen LogP contribution in [0.3, 0.4) is 0 Å². The Balaban J connectivity index is 0.000000783. The maximum atomic E-state index is 11.7. The fourth-order valence-corrected chi connectivity index (χ4v) is 3.73. The maximum absolute atomic E-state index is 11.7. The van der Waals surface area contributed by atoms with Gasteiger partial charge >= 0.3 is 12.2 Å². The summed E-state index contributed by atoms with van der Waals surface area (Å²) in [5, 5.41) is 24.4. The largest absolute Gasteiger partial charge is 0.508 e. The van der Waals surface area contributed by atoms with Gasteiger partial charge in [0, 0.05) is 37.5 Å². The summed E-state index contributed by atoms with van der Waals surface area (Å²) in [6, 6.07) is 7.81. The number of rotatable bonds is 8. The number of ether oxygens (including phenoxy) is 2. The lowest BCUT2D eigenvalue weighted by atomic mass is 10.1. The van der Waals surface area contributed by atoms with Crippen LogP contribution in [0.2, 0.25) is 10.0 Å². The van der Waals surface area contributed by atoms with Crippen LogP contribution in [0.4, 0.5) is 9.59 Å². The first-order valence-electron chi connectivity index (χ1n) is 12.7. The highest BCUT2D eigenvalue weighted by molar-refractivity contribution is 6.31. The summed E-state index contributed by atoms with van der Waals surface area (Å²) in [6.45, 7) is 10.8. The van der Waals surface area contributed by atoms with Crippen molar-refractivity contribution in [1.29, 1.82) is 0 Å². The van der Waals surface area contributed by atoms with Gasteiger partial charge in [-0.3, -0.25) is 4.79 Å². The molecule has 0 aliphatic carbocycles. The van der Waals surface area contributed by atoms with Gasteiger partial charge < -0.3 is 41.8 Å². The Kier molecular flexibility index (Phi) is 15.6. The molecule has 8 N–H and O–H groups in total. The van der Waals surface area contributed by atoms with Crippen LogP contribution in [0, 0.1) is 0 Å². The van der Waals surface area contributed by atoms with Crippen LogP contribution in [0.5, 0.6) is 11.5 Å². The molecule has 0 saturated carbocycles. The molecule has 3 amide bonds. The van der Waals surface area contributed by atoms with E-state index in [0.29, 0.717) is 17.0 Å². The number of benzene rings is 2. The fourth-order valence-electron chi connectivity index (χ4n) is 3.23. The quantitative estimate of drug-likeness (QED) is 0.237. The zero-order valence-corrected chi connectivity index (χ0v) is 26.2. The standard InChI is InChI=1S/C14H19ClN2O4.C14H21ClN2O3.B/c1-14(2,3)21-13(20)17-11(12(16)19)6-8-4-5-9(18)7-10(8)15;1-14(2,3)20-13(19)17-10(8-16)6-9-4-5-11(18)7-12(9)15;/h4-5,7,11,18H,6H2,1-3H3,(H2,16,19)(H,17,20);4-5,7,10,18H,6,8,16H2,1-3H3,(H,17,19);. The lowest BCUT2D eigenvalue weighted by molar-refractivity contribution is -0.120. The van der Waals surface area contributed by atoms with Crippen LogP contribution in [0.15, 0.2) is 36.4 Å². The minimum absolute atomic E-state index is 0. The van der Waals surface area contributed by atoms with Crippen molar-refractivity contribution < 1.29 is 34.1 Å². The lowest BCUT2D eigenvalue weighted by Gasteiger charge is -2.23. The van der Waals surface area contributed by atoms with Crippen molar-refractivity contribution in [2.45, 2.75) is 77.7 Å². The third-order valence-corrected chi connectivity index (χ3v) is 5.71. The molecule has 0 aliphatic rings. The van der Waals surface area contributed by atoms with Gasteiger partial charge in [-0.15, -0.1) is 0 Å². The molecule has 0 aromatic heterocycles. The van der Waals surface area contributed by atoms with Crippen molar-refractivity contribution in [1.82, 2.24) is 10.6 Å². The van der Waals surface area contributed by atoms with E-state index < -0.39 is 35.3 Å². The van der Waals surface area contributed by atoms with E-state index in [1.807, 2.05) is 0 Å². The van der Waals surface area contributed by atoms with Gasteiger partial charge in [0.1, 0.15) is 28.7 Å². The minimum atomic E-state index is -0.957. The summed E-state index contributed by atoms with van der Waals surface area (Å²) < 4.78 is 10.3. The molecule has 2 unspecified atom stereocenters. The molecule has 42 heavy (non-hydrogen) atoms. The number of amides is 3. The second kappa shape index (κ2) is 16.9. The van der Waals surface area contributed by atoms with Gasteiger partial charge in [0.25, 0.3) is 0 Å². The van der Waals surface area contributed by atoms with E-state index in [1.165, 1.54) is 18.2 Å². The topological polar surface area (TPSA) is 186 Å². The number of nitrogens with two attached hydrogens (primary N) is 2. The lowest BCUT2D eigenvalue weighted by Crippen LogP contribution is -2.47. The SMILES string of the molecule is CC(C)(C)OC(=O)NC(CN)Cc1ccc(O)cc1Cl.CC(C)(C)OC(=O)NC(Cc1ccc(O)cc1Cl)C(N)=O.[B]. The molecule has 2 aromatic rings. The van der Waals surface area contributed by atoms with Crippen LogP contribution in [-0.4, -0.2) is 66.6 Å². The zero-order valence-electron chi connectivity index (χ0n) is 24.7. The molecular formula is C28H40BCl2N4O7. The van der Waals surface area contributed by atoms with Gasteiger partial charge in [0.15, 0.2) is 0 Å². The highest BCUT2D eigenvalue weighted by atomic mass is 35.5. The number of phenolic OH excluding ortho intramolecular Hbond substituents is 2. The Labute approximate surface area is 258 Å². The third-order valence-electron chi connectivity index (χ3n) is 5.00. The number of primary amides is 1. The van der Waals surface area contributed by atoms with Crippen molar-refractivity contribution in [3.05, 3.63) is 57.6 Å². The van der Waals surface area contributed by atoms with Crippen LogP contribution < -0.4 is 22.1 Å². The van der Waals surface area contributed by atoms with Gasteiger partial charge in [-0.05, 0) is 83.4 Å². The molecule has 2 atom stereocenters. The number of phenols is 2. The molecule has 0 saturated heterocycles. The van der Waals surface area contributed by atoms with Crippen molar-refractivity contribution in [2.75, 3.05) is 6.54 Å². The zero-order chi connectivity index (χ0) is 31.5. The van der Waals surface area contributed by atoms with Crippen LogP contribution in [0.1, 0.15) is 52.7 Å². The van der Waals surface area contributed by atoms with Crippen molar-refractivity contribution in [3.8, 4) is 11.5 Å². The monoisotopic (exact) mass is 625 g/mol. The Morgan fingerprint density at radius 2 is 1.21 bits per heavy atom. The Hall–Kier alpha value is -3.35. The number of hydrogen-bond acceptors (Lipinski definition) is 8. The number of nitrogens with one attached hydrogen (secondary N) is 2. The van der Waals surface area contributed by atoms with Crippen molar-refractivity contribution >= 4 is 49.7 Å². The summed E-state index contributed by atoms with van der Waals surface area (Å²) in [4.78, 5) is 34.8. The molecule has 0 spiro atoms. The second-order valence-electron chi connectivity index (χ2n) is 11.1. The van der Waals surface area contributed by atoms with Crippen LogP contribution >= 0.6 is 23.2 Å².